The highest BCUT2D eigenvalue weighted by Gasteiger charge is 2.22. The van der Waals surface area contributed by atoms with Gasteiger partial charge in [-0.2, -0.15) is 0 Å². The van der Waals surface area contributed by atoms with Gasteiger partial charge in [0.15, 0.2) is 0 Å². The van der Waals surface area contributed by atoms with Crippen LogP contribution in [0.2, 0.25) is 0 Å². The van der Waals surface area contributed by atoms with Crippen LogP contribution >= 0.6 is 0 Å². The Balaban J connectivity index is 1.77. The third kappa shape index (κ3) is 2.15. The fraction of sp³-hybridized carbons (Fsp3) is 0.533. The van der Waals surface area contributed by atoms with Gasteiger partial charge in [-0.1, -0.05) is 13.0 Å². The Morgan fingerprint density at radius 1 is 1.39 bits per heavy atom. The van der Waals surface area contributed by atoms with E-state index < -0.39 is 0 Å². The Hall–Kier alpha value is -1.35. The molecular formula is C15H21N3. The van der Waals surface area contributed by atoms with Crippen molar-refractivity contribution in [2.75, 3.05) is 19.6 Å². The summed E-state index contributed by atoms with van der Waals surface area (Å²) >= 11 is 0. The second kappa shape index (κ2) is 4.73. The molecule has 3 heteroatoms. The average molecular weight is 243 g/mol. The first-order valence-corrected chi connectivity index (χ1v) is 6.92. The van der Waals surface area contributed by atoms with E-state index in [0.717, 1.165) is 18.0 Å². The molecule has 0 spiro atoms. The second-order valence-corrected chi connectivity index (χ2v) is 5.38. The number of nitrogens with zero attached hydrogens (tertiary/aromatic N) is 3. The summed E-state index contributed by atoms with van der Waals surface area (Å²) in [6.45, 7) is 8.06. The lowest BCUT2D eigenvalue weighted by Crippen LogP contribution is -2.20. The molecule has 0 aromatic carbocycles. The number of aromatic nitrogens is 2. The van der Waals surface area contributed by atoms with Gasteiger partial charge in [-0.25, -0.2) is 4.98 Å². The van der Waals surface area contributed by atoms with Gasteiger partial charge in [0.2, 0.25) is 0 Å². The van der Waals surface area contributed by atoms with Crippen molar-refractivity contribution < 1.29 is 0 Å². The van der Waals surface area contributed by atoms with Gasteiger partial charge in [0.25, 0.3) is 0 Å². The van der Waals surface area contributed by atoms with Crippen molar-refractivity contribution in [3.63, 3.8) is 0 Å². The summed E-state index contributed by atoms with van der Waals surface area (Å²) in [5.74, 6) is 0.787. The molecular weight excluding hydrogens is 222 g/mol. The molecule has 3 rings (SSSR count). The molecule has 18 heavy (non-hydrogen) atoms. The zero-order valence-electron chi connectivity index (χ0n) is 11.3. The third-order valence-electron chi connectivity index (χ3n) is 4.06. The number of aryl methyl sites for hydroxylation is 1. The minimum atomic E-state index is 0.787. The smallest absolute Gasteiger partial charge is 0.137 e. The van der Waals surface area contributed by atoms with Crippen molar-refractivity contribution in [1.29, 1.82) is 0 Å². The SMILES string of the molecule is CCN1CCC(Cc2cn3c(C)cccc3n2)C1. The van der Waals surface area contributed by atoms with Crippen molar-refractivity contribution in [1.82, 2.24) is 14.3 Å². The highest BCUT2D eigenvalue weighted by Crippen LogP contribution is 2.20. The number of imidazole rings is 1. The van der Waals surface area contributed by atoms with Gasteiger partial charge in [-0.05, 0) is 50.9 Å². The molecule has 0 N–H and O–H groups in total. The topological polar surface area (TPSA) is 20.5 Å². The third-order valence-corrected chi connectivity index (χ3v) is 4.06. The van der Waals surface area contributed by atoms with E-state index in [4.69, 9.17) is 4.98 Å². The molecule has 0 saturated carbocycles. The number of hydrogen-bond donors (Lipinski definition) is 0. The quantitative estimate of drug-likeness (QED) is 0.825. The predicted molar refractivity (Wildman–Crippen MR) is 73.9 cm³/mol. The van der Waals surface area contributed by atoms with Gasteiger partial charge in [0.1, 0.15) is 5.65 Å². The largest absolute Gasteiger partial charge is 0.304 e. The van der Waals surface area contributed by atoms with Crippen molar-refractivity contribution in [2.45, 2.75) is 26.7 Å². The molecule has 1 saturated heterocycles. The Morgan fingerprint density at radius 2 is 2.28 bits per heavy atom. The van der Waals surface area contributed by atoms with E-state index in [9.17, 15) is 0 Å². The average Bonchev–Trinajstić information content (AvgIpc) is 2.96. The summed E-state index contributed by atoms with van der Waals surface area (Å²) in [5.41, 5.74) is 3.58. The first-order valence-electron chi connectivity index (χ1n) is 6.92. The van der Waals surface area contributed by atoms with Crippen LogP contribution in [0.5, 0.6) is 0 Å². The number of hydrogen-bond acceptors (Lipinski definition) is 2. The van der Waals surface area contributed by atoms with Crippen molar-refractivity contribution in [2.24, 2.45) is 5.92 Å². The van der Waals surface area contributed by atoms with Crippen LogP contribution in [0.3, 0.4) is 0 Å². The summed E-state index contributed by atoms with van der Waals surface area (Å²) in [5, 5.41) is 0. The molecule has 0 amide bonds. The zero-order chi connectivity index (χ0) is 12.5. The van der Waals surface area contributed by atoms with E-state index in [0.29, 0.717) is 0 Å². The summed E-state index contributed by atoms with van der Waals surface area (Å²) in [6.07, 6.45) is 4.65. The lowest BCUT2D eigenvalue weighted by Gasteiger charge is -2.11. The van der Waals surface area contributed by atoms with Crippen LogP contribution in [0, 0.1) is 12.8 Å². The molecule has 0 radical (unpaired) electrons. The summed E-state index contributed by atoms with van der Waals surface area (Å²) in [4.78, 5) is 7.27. The maximum absolute atomic E-state index is 4.73. The molecule has 96 valence electrons. The normalized spacial score (nSPS) is 20.9. The van der Waals surface area contributed by atoms with E-state index in [2.05, 4.69) is 47.5 Å². The van der Waals surface area contributed by atoms with Gasteiger partial charge in [0, 0.05) is 18.4 Å². The van der Waals surface area contributed by atoms with Crippen LogP contribution in [0.15, 0.2) is 24.4 Å². The maximum Gasteiger partial charge on any atom is 0.137 e. The highest BCUT2D eigenvalue weighted by molar-refractivity contribution is 5.41. The Kier molecular flexibility index (Phi) is 3.08. The molecule has 2 aromatic rings. The van der Waals surface area contributed by atoms with Crippen LogP contribution < -0.4 is 0 Å². The molecule has 1 unspecified atom stereocenters. The first-order chi connectivity index (χ1) is 8.76. The van der Waals surface area contributed by atoms with E-state index in [1.165, 1.54) is 37.4 Å². The fourth-order valence-corrected chi connectivity index (χ4v) is 2.96. The van der Waals surface area contributed by atoms with Gasteiger partial charge in [-0.15, -0.1) is 0 Å². The minimum absolute atomic E-state index is 0.787. The monoisotopic (exact) mass is 243 g/mol. The van der Waals surface area contributed by atoms with Crippen LogP contribution in [-0.2, 0) is 6.42 Å². The van der Waals surface area contributed by atoms with Crippen LogP contribution in [0.25, 0.3) is 5.65 Å². The summed E-state index contributed by atoms with van der Waals surface area (Å²) in [6, 6.07) is 6.30. The number of rotatable bonds is 3. The Labute approximate surface area is 108 Å². The number of likely N-dealkylation sites (tertiary alicyclic amines) is 1. The standard InChI is InChI=1S/C15H21N3/c1-3-17-8-7-13(10-17)9-14-11-18-12(2)5-4-6-15(18)16-14/h4-6,11,13H,3,7-10H2,1-2H3. The van der Waals surface area contributed by atoms with E-state index in [1.807, 2.05) is 0 Å². The Bertz CT molecular complexity index is 544. The van der Waals surface area contributed by atoms with Crippen LogP contribution in [0.1, 0.15) is 24.7 Å². The molecule has 3 nitrogen and oxygen atoms in total. The highest BCUT2D eigenvalue weighted by atomic mass is 15.1. The van der Waals surface area contributed by atoms with Crippen molar-refractivity contribution in [3.8, 4) is 0 Å². The zero-order valence-corrected chi connectivity index (χ0v) is 11.3. The molecule has 2 aromatic heterocycles. The second-order valence-electron chi connectivity index (χ2n) is 5.38. The van der Waals surface area contributed by atoms with Crippen LogP contribution in [-0.4, -0.2) is 33.9 Å². The predicted octanol–water partition coefficient (Wildman–Crippen LogP) is 2.53. The van der Waals surface area contributed by atoms with E-state index in [-0.39, 0.29) is 0 Å². The molecule has 1 atom stereocenters. The van der Waals surface area contributed by atoms with E-state index in [1.54, 1.807) is 0 Å². The van der Waals surface area contributed by atoms with Crippen molar-refractivity contribution >= 4 is 5.65 Å². The molecule has 3 heterocycles. The molecule has 1 aliphatic heterocycles. The minimum Gasteiger partial charge on any atom is -0.304 e. The molecule has 0 aliphatic carbocycles. The van der Waals surface area contributed by atoms with Gasteiger partial charge in [0.05, 0.1) is 5.69 Å². The molecule has 1 fully saturated rings. The lowest BCUT2D eigenvalue weighted by atomic mass is 10.0. The Morgan fingerprint density at radius 3 is 3.00 bits per heavy atom. The number of pyridine rings is 1. The van der Waals surface area contributed by atoms with Crippen molar-refractivity contribution in [3.05, 3.63) is 35.8 Å². The summed E-state index contributed by atoms with van der Waals surface area (Å²) < 4.78 is 2.20. The van der Waals surface area contributed by atoms with Gasteiger partial charge in [-0.3, -0.25) is 0 Å². The number of fused-ring (bicyclic) bond motifs is 1. The van der Waals surface area contributed by atoms with Gasteiger partial charge < -0.3 is 9.30 Å². The van der Waals surface area contributed by atoms with Crippen LogP contribution in [0.4, 0.5) is 0 Å². The van der Waals surface area contributed by atoms with E-state index >= 15 is 0 Å². The molecule has 1 aliphatic rings. The fourth-order valence-electron chi connectivity index (χ4n) is 2.96. The summed E-state index contributed by atoms with van der Waals surface area (Å²) in [7, 11) is 0. The maximum atomic E-state index is 4.73. The first kappa shape index (κ1) is 11.7. The van der Waals surface area contributed by atoms with Gasteiger partial charge >= 0.3 is 0 Å². The lowest BCUT2D eigenvalue weighted by molar-refractivity contribution is 0.341. The molecule has 0 bridgehead atoms.